The topological polar surface area (TPSA) is 41.1 Å². The van der Waals surface area contributed by atoms with Crippen molar-refractivity contribution in [1.29, 1.82) is 0 Å². The van der Waals surface area contributed by atoms with Crippen LogP contribution in [0.2, 0.25) is 0 Å². The summed E-state index contributed by atoms with van der Waals surface area (Å²) in [6.07, 6.45) is 0. The van der Waals surface area contributed by atoms with E-state index in [0.29, 0.717) is 0 Å². The van der Waals surface area contributed by atoms with Gasteiger partial charge >= 0.3 is 0 Å². The number of hydrogen-bond acceptors (Lipinski definition) is 2. The van der Waals surface area contributed by atoms with Crippen LogP contribution in [0.5, 0.6) is 0 Å². The molecule has 1 heterocycles. The molecule has 0 aromatic heterocycles. The van der Waals surface area contributed by atoms with Gasteiger partial charge in [0, 0.05) is 17.9 Å². The minimum Gasteiger partial charge on any atom is -0.385 e. The predicted octanol–water partition coefficient (Wildman–Crippen LogP) is 2.35. The molecule has 2 rings (SSSR count). The molecule has 0 radical (unpaired) electrons. The minimum absolute atomic E-state index is 0.0751. The number of rotatable bonds is 2. The highest BCUT2D eigenvalue weighted by Crippen LogP contribution is 2.38. The van der Waals surface area contributed by atoms with Gasteiger partial charge in [0.05, 0.1) is 5.41 Å². The smallest absolute Gasteiger partial charge is 0.234 e. The summed E-state index contributed by atoms with van der Waals surface area (Å²) in [6.45, 7) is 6.84. The van der Waals surface area contributed by atoms with Gasteiger partial charge in [-0.05, 0) is 44.5 Å². The van der Waals surface area contributed by atoms with Crippen molar-refractivity contribution < 1.29 is 4.79 Å². The van der Waals surface area contributed by atoms with E-state index in [-0.39, 0.29) is 5.91 Å². The van der Waals surface area contributed by atoms with E-state index in [0.717, 1.165) is 23.5 Å². The van der Waals surface area contributed by atoms with Gasteiger partial charge in [-0.15, -0.1) is 0 Å². The van der Waals surface area contributed by atoms with Crippen LogP contribution in [0, 0.1) is 0 Å². The van der Waals surface area contributed by atoms with Gasteiger partial charge in [-0.2, -0.15) is 0 Å². The number of hydrogen-bond donors (Lipinski definition) is 2. The largest absolute Gasteiger partial charge is 0.385 e. The fourth-order valence-electron chi connectivity index (χ4n) is 1.89. The number of benzene rings is 1. The predicted molar refractivity (Wildman–Crippen MR) is 62.3 cm³/mol. The number of fused-ring (bicyclic) bond motifs is 1. The molecule has 0 atom stereocenters. The van der Waals surface area contributed by atoms with Crippen molar-refractivity contribution in [3.8, 4) is 0 Å². The molecule has 1 aromatic carbocycles. The molecule has 0 unspecified atom stereocenters. The van der Waals surface area contributed by atoms with Gasteiger partial charge in [-0.25, -0.2) is 0 Å². The van der Waals surface area contributed by atoms with E-state index in [4.69, 9.17) is 0 Å². The molecule has 2 N–H and O–H groups in total. The maximum Gasteiger partial charge on any atom is 0.234 e. The van der Waals surface area contributed by atoms with Crippen molar-refractivity contribution in [1.82, 2.24) is 0 Å². The number of anilines is 2. The molecule has 80 valence electrons. The second kappa shape index (κ2) is 3.26. The molecule has 1 aliphatic rings. The molecule has 15 heavy (non-hydrogen) atoms. The monoisotopic (exact) mass is 204 g/mol. The van der Waals surface area contributed by atoms with Crippen molar-refractivity contribution in [3.63, 3.8) is 0 Å². The van der Waals surface area contributed by atoms with Gasteiger partial charge in [-0.3, -0.25) is 4.79 Å². The van der Waals surface area contributed by atoms with Crippen LogP contribution < -0.4 is 10.6 Å². The van der Waals surface area contributed by atoms with E-state index < -0.39 is 5.41 Å². The van der Waals surface area contributed by atoms with Gasteiger partial charge in [0.2, 0.25) is 5.91 Å². The third kappa shape index (κ3) is 1.48. The Bertz CT molecular complexity index is 410. The van der Waals surface area contributed by atoms with E-state index >= 15 is 0 Å². The maximum absolute atomic E-state index is 11.7. The lowest BCUT2D eigenvalue weighted by atomic mass is 9.86. The SMILES string of the molecule is CCNc1ccc2c(c1)C(C)(C)C(=O)N2. The van der Waals surface area contributed by atoms with Crippen LogP contribution in [0.15, 0.2) is 18.2 Å². The summed E-state index contributed by atoms with van der Waals surface area (Å²) in [5, 5.41) is 6.14. The standard InChI is InChI=1S/C12H16N2O/c1-4-13-8-5-6-10-9(7-8)12(2,3)11(15)14-10/h5-7,13H,4H2,1-3H3,(H,14,15). The molecule has 3 nitrogen and oxygen atoms in total. The van der Waals surface area contributed by atoms with Gasteiger partial charge in [0.1, 0.15) is 0 Å². The van der Waals surface area contributed by atoms with Crippen LogP contribution in [0.3, 0.4) is 0 Å². The first-order chi connectivity index (χ1) is 7.05. The third-order valence-corrected chi connectivity index (χ3v) is 2.89. The minimum atomic E-state index is -0.416. The summed E-state index contributed by atoms with van der Waals surface area (Å²) in [6, 6.07) is 6.00. The number of amides is 1. The zero-order valence-corrected chi connectivity index (χ0v) is 9.35. The number of nitrogens with one attached hydrogen (secondary N) is 2. The first-order valence-electron chi connectivity index (χ1n) is 5.25. The zero-order chi connectivity index (χ0) is 11.1. The van der Waals surface area contributed by atoms with E-state index in [2.05, 4.69) is 23.6 Å². The Hall–Kier alpha value is -1.51. The van der Waals surface area contributed by atoms with Gasteiger partial charge in [-0.1, -0.05) is 0 Å². The summed E-state index contributed by atoms with van der Waals surface area (Å²) in [5.41, 5.74) is 2.67. The summed E-state index contributed by atoms with van der Waals surface area (Å²) in [7, 11) is 0. The lowest BCUT2D eigenvalue weighted by molar-refractivity contribution is -0.119. The Morgan fingerprint density at radius 1 is 1.40 bits per heavy atom. The first-order valence-corrected chi connectivity index (χ1v) is 5.25. The summed E-state index contributed by atoms with van der Waals surface area (Å²) in [5.74, 6) is 0.0751. The van der Waals surface area contributed by atoms with Gasteiger partial charge < -0.3 is 10.6 Å². The Morgan fingerprint density at radius 2 is 2.13 bits per heavy atom. The van der Waals surface area contributed by atoms with Crippen molar-refractivity contribution in [3.05, 3.63) is 23.8 Å². The van der Waals surface area contributed by atoms with Gasteiger partial charge in [0.15, 0.2) is 0 Å². The third-order valence-electron chi connectivity index (χ3n) is 2.89. The van der Waals surface area contributed by atoms with Crippen LogP contribution in [0.1, 0.15) is 26.3 Å². The Morgan fingerprint density at radius 3 is 2.80 bits per heavy atom. The Balaban J connectivity index is 2.45. The van der Waals surface area contributed by atoms with E-state index in [1.807, 2.05) is 26.0 Å². The summed E-state index contributed by atoms with van der Waals surface area (Å²) < 4.78 is 0. The Labute approximate surface area is 89.9 Å². The highest BCUT2D eigenvalue weighted by Gasteiger charge is 2.38. The van der Waals surface area contributed by atoms with Crippen LogP contribution >= 0.6 is 0 Å². The normalized spacial score (nSPS) is 17.1. The molecule has 1 amide bonds. The maximum atomic E-state index is 11.7. The molecule has 0 fully saturated rings. The van der Waals surface area contributed by atoms with Crippen molar-refractivity contribution in [2.45, 2.75) is 26.2 Å². The van der Waals surface area contributed by atoms with Gasteiger partial charge in [0.25, 0.3) is 0 Å². The number of carbonyl (C=O) groups excluding carboxylic acids is 1. The van der Waals surface area contributed by atoms with Crippen LogP contribution in [-0.4, -0.2) is 12.5 Å². The lowest BCUT2D eigenvalue weighted by Crippen LogP contribution is -2.26. The van der Waals surface area contributed by atoms with Crippen molar-refractivity contribution >= 4 is 17.3 Å². The molecule has 0 bridgehead atoms. The molecule has 0 spiro atoms. The molecule has 3 heteroatoms. The highest BCUT2D eigenvalue weighted by atomic mass is 16.2. The van der Waals surface area contributed by atoms with Crippen molar-refractivity contribution in [2.24, 2.45) is 0 Å². The zero-order valence-electron chi connectivity index (χ0n) is 9.35. The average Bonchev–Trinajstić information content (AvgIpc) is 2.40. The van der Waals surface area contributed by atoms with E-state index in [1.54, 1.807) is 0 Å². The molecule has 0 aliphatic carbocycles. The first kappa shape index (κ1) is 10.0. The second-order valence-electron chi connectivity index (χ2n) is 4.37. The molecular weight excluding hydrogens is 188 g/mol. The quantitative estimate of drug-likeness (QED) is 0.776. The fourth-order valence-corrected chi connectivity index (χ4v) is 1.89. The fraction of sp³-hybridized carbons (Fsp3) is 0.417. The van der Waals surface area contributed by atoms with Crippen LogP contribution in [-0.2, 0) is 10.2 Å². The van der Waals surface area contributed by atoms with Crippen LogP contribution in [0.25, 0.3) is 0 Å². The summed E-state index contributed by atoms with van der Waals surface area (Å²) in [4.78, 5) is 11.7. The summed E-state index contributed by atoms with van der Waals surface area (Å²) >= 11 is 0. The molecule has 1 aromatic rings. The van der Waals surface area contributed by atoms with Crippen LogP contribution in [0.4, 0.5) is 11.4 Å². The highest BCUT2D eigenvalue weighted by molar-refractivity contribution is 6.05. The van der Waals surface area contributed by atoms with Crippen molar-refractivity contribution in [2.75, 3.05) is 17.2 Å². The molecule has 0 saturated heterocycles. The van der Waals surface area contributed by atoms with E-state index in [9.17, 15) is 4.79 Å². The second-order valence-corrected chi connectivity index (χ2v) is 4.37. The lowest BCUT2D eigenvalue weighted by Gasteiger charge is -2.16. The molecular formula is C12H16N2O. The molecule has 0 saturated carbocycles. The number of carbonyl (C=O) groups is 1. The average molecular weight is 204 g/mol. The molecule has 1 aliphatic heterocycles. The van der Waals surface area contributed by atoms with E-state index in [1.165, 1.54) is 0 Å². The Kier molecular flexibility index (Phi) is 2.18.